The zero-order valence-electron chi connectivity index (χ0n) is 10.8. The number of hydrogen-bond donors (Lipinski definition) is 1. The normalized spacial score (nSPS) is 43.2. The van der Waals surface area contributed by atoms with Gasteiger partial charge in [0.1, 0.15) is 0 Å². The summed E-state index contributed by atoms with van der Waals surface area (Å²) in [6.07, 6.45) is 3.36. The molecule has 4 atom stereocenters. The van der Waals surface area contributed by atoms with E-state index in [0.717, 1.165) is 57.2 Å². The van der Waals surface area contributed by atoms with E-state index in [1.54, 1.807) is 0 Å². The summed E-state index contributed by atoms with van der Waals surface area (Å²) in [6, 6.07) is 0.152. The second kappa shape index (κ2) is 5.67. The number of thioether (sulfide) groups is 1. The molecule has 5 heteroatoms. The van der Waals surface area contributed by atoms with E-state index in [1.165, 1.54) is 0 Å². The molecule has 3 aliphatic rings. The fourth-order valence-electron chi connectivity index (χ4n) is 3.29. The molecule has 3 saturated heterocycles. The zero-order valence-corrected chi connectivity index (χ0v) is 11.6. The molecule has 3 rings (SSSR count). The van der Waals surface area contributed by atoms with Gasteiger partial charge in [-0.1, -0.05) is 0 Å². The number of nitrogens with two attached hydrogens (primary N) is 1. The minimum Gasteiger partial charge on any atom is -0.378 e. The van der Waals surface area contributed by atoms with Crippen molar-refractivity contribution in [2.24, 2.45) is 11.7 Å². The lowest BCUT2D eigenvalue weighted by Gasteiger charge is -2.41. The second-order valence-electron chi connectivity index (χ2n) is 5.65. The molecule has 2 N–H and O–H groups in total. The summed E-state index contributed by atoms with van der Waals surface area (Å²) in [5, 5.41) is 0. The van der Waals surface area contributed by atoms with E-state index >= 15 is 0 Å². The van der Waals surface area contributed by atoms with Crippen LogP contribution in [-0.4, -0.2) is 55.7 Å². The highest BCUT2D eigenvalue weighted by Gasteiger charge is 2.43. The van der Waals surface area contributed by atoms with Crippen LogP contribution in [0, 0.1) is 5.92 Å². The Balaban J connectivity index is 1.60. The highest BCUT2D eigenvalue weighted by molar-refractivity contribution is 7.99. The highest BCUT2D eigenvalue weighted by atomic mass is 32.2. The molecular weight excluding hydrogens is 250 g/mol. The van der Waals surface area contributed by atoms with Gasteiger partial charge in [0.15, 0.2) is 0 Å². The summed E-state index contributed by atoms with van der Waals surface area (Å²) in [6.45, 7) is 3.25. The Kier molecular flexibility index (Phi) is 4.15. The summed E-state index contributed by atoms with van der Waals surface area (Å²) < 4.78 is 17.3. The molecule has 104 valence electrons. The topological polar surface area (TPSA) is 53.7 Å². The lowest BCUT2D eigenvalue weighted by molar-refractivity contribution is -0.108. The Morgan fingerprint density at radius 2 is 2.22 bits per heavy atom. The van der Waals surface area contributed by atoms with Crippen molar-refractivity contribution >= 4 is 11.8 Å². The van der Waals surface area contributed by atoms with Crippen molar-refractivity contribution in [3.05, 3.63) is 0 Å². The Morgan fingerprint density at radius 3 is 2.94 bits per heavy atom. The lowest BCUT2D eigenvalue weighted by Crippen LogP contribution is -2.52. The molecule has 0 aromatic heterocycles. The Morgan fingerprint density at radius 1 is 1.28 bits per heavy atom. The molecule has 0 aromatic rings. The number of hydrogen-bond acceptors (Lipinski definition) is 5. The van der Waals surface area contributed by atoms with Crippen molar-refractivity contribution in [1.82, 2.24) is 0 Å². The van der Waals surface area contributed by atoms with Crippen LogP contribution in [0.2, 0.25) is 0 Å². The van der Waals surface area contributed by atoms with Gasteiger partial charge in [-0.15, -0.1) is 0 Å². The summed E-state index contributed by atoms with van der Waals surface area (Å²) in [5.41, 5.74) is 6.40. The molecule has 0 radical (unpaired) electrons. The summed E-state index contributed by atoms with van der Waals surface area (Å²) in [4.78, 5) is 0. The molecule has 3 aliphatic heterocycles. The first-order valence-corrected chi connectivity index (χ1v) is 8.11. The fraction of sp³-hybridized carbons (Fsp3) is 1.00. The molecule has 4 unspecified atom stereocenters. The molecule has 0 aliphatic carbocycles. The van der Waals surface area contributed by atoms with Crippen LogP contribution in [0.25, 0.3) is 0 Å². The van der Waals surface area contributed by atoms with Crippen LogP contribution >= 0.6 is 11.8 Å². The standard InChI is InChI=1S/C13H23NO3S/c14-12(11-8-18-6-5-16-11)10-1-3-17-13(7-10)2-4-15-9-13/h10-12H,1-9,14H2. The SMILES string of the molecule is NC(C1CCOC2(CCOC2)C1)C1CSCCO1. The van der Waals surface area contributed by atoms with E-state index in [9.17, 15) is 0 Å². The first-order chi connectivity index (χ1) is 8.79. The minimum atomic E-state index is -0.0393. The molecule has 0 aromatic carbocycles. The Labute approximate surface area is 113 Å². The molecule has 3 fully saturated rings. The molecule has 0 amide bonds. The predicted molar refractivity (Wildman–Crippen MR) is 71.9 cm³/mol. The first kappa shape index (κ1) is 13.2. The highest BCUT2D eigenvalue weighted by Crippen LogP contribution is 2.38. The van der Waals surface area contributed by atoms with Gasteiger partial charge in [0.25, 0.3) is 0 Å². The molecular formula is C13H23NO3S. The van der Waals surface area contributed by atoms with E-state index < -0.39 is 0 Å². The molecule has 4 nitrogen and oxygen atoms in total. The second-order valence-corrected chi connectivity index (χ2v) is 6.80. The van der Waals surface area contributed by atoms with Crippen LogP contribution in [0.3, 0.4) is 0 Å². The maximum atomic E-state index is 6.44. The lowest BCUT2D eigenvalue weighted by atomic mass is 9.80. The monoisotopic (exact) mass is 273 g/mol. The minimum absolute atomic E-state index is 0.0393. The summed E-state index contributed by atoms with van der Waals surface area (Å²) in [7, 11) is 0. The average molecular weight is 273 g/mol. The van der Waals surface area contributed by atoms with Crippen LogP contribution < -0.4 is 5.73 Å². The molecule has 0 saturated carbocycles. The first-order valence-electron chi connectivity index (χ1n) is 6.96. The molecule has 3 heterocycles. The molecule has 0 bridgehead atoms. The van der Waals surface area contributed by atoms with Crippen LogP contribution in [-0.2, 0) is 14.2 Å². The maximum absolute atomic E-state index is 6.44. The van der Waals surface area contributed by atoms with E-state index in [-0.39, 0.29) is 17.7 Å². The maximum Gasteiger partial charge on any atom is 0.0939 e. The smallest absolute Gasteiger partial charge is 0.0939 e. The quantitative estimate of drug-likeness (QED) is 0.814. The van der Waals surface area contributed by atoms with Gasteiger partial charge in [-0.2, -0.15) is 11.8 Å². The van der Waals surface area contributed by atoms with Gasteiger partial charge in [-0.25, -0.2) is 0 Å². The van der Waals surface area contributed by atoms with Gasteiger partial charge in [0.05, 0.1) is 24.9 Å². The predicted octanol–water partition coefficient (Wildman–Crippen LogP) is 1.03. The summed E-state index contributed by atoms with van der Waals surface area (Å²) >= 11 is 1.96. The molecule has 1 spiro atoms. The number of rotatable bonds is 2. The van der Waals surface area contributed by atoms with E-state index in [4.69, 9.17) is 19.9 Å². The van der Waals surface area contributed by atoms with Crippen LogP contribution in [0.15, 0.2) is 0 Å². The van der Waals surface area contributed by atoms with Crippen LogP contribution in [0.5, 0.6) is 0 Å². The Hall–Kier alpha value is 0.190. The third kappa shape index (κ3) is 2.70. The largest absolute Gasteiger partial charge is 0.378 e. The van der Waals surface area contributed by atoms with Gasteiger partial charge in [-0.3, -0.25) is 0 Å². The van der Waals surface area contributed by atoms with Gasteiger partial charge >= 0.3 is 0 Å². The van der Waals surface area contributed by atoms with Crippen LogP contribution in [0.1, 0.15) is 19.3 Å². The summed E-state index contributed by atoms with van der Waals surface area (Å²) in [5.74, 6) is 2.67. The van der Waals surface area contributed by atoms with Gasteiger partial charge in [-0.05, 0) is 18.8 Å². The van der Waals surface area contributed by atoms with E-state index in [1.807, 2.05) is 11.8 Å². The van der Waals surface area contributed by atoms with Crippen molar-refractivity contribution in [3.63, 3.8) is 0 Å². The number of ether oxygens (including phenoxy) is 3. The zero-order chi connectivity index (χ0) is 12.4. The van der Waals surface area contributed by atoms with E-state index in [0.29, 0.717) is 5.92 Å². The van der Waals surface area contributed by atoms with Crippen molar-refractivity contribution in [3.8, 4) is 0 Å². The van der Waals surface area contributed by atoms with Gasteiger partial charge < -0.3 is 19.9 Å². The fourth-order valence-corrected chi connectivity index (χ4v) is 4.22. The van der Waals surface area contributed by atoms with Crippen molar-refractivity contribution in [1.29, 1.82) is 0 Å². The van der Waals surface area contributed by atoms with Crippen molar-refractivity contribution in [2.75, 3.05) is 37.9 Å². The van der Waals surface area contributed by atoms with Crippen LogP contribution in [0.4, 0.5) is 0 Å². The van der Waals surface area contributed by atoms with E-state index in [2.05, 4.69) is 0 Å². The third-order valence-corrected chi connectivity index (χ3v) is 5.43. The third-order valence-electron chi connectivity index (χ3n) is 4.41. The van der Waals surface area contributed by atoms with Gasteiger partial charge in [0.2, 0.25) is 0 Å². The Bertz CT molecular complexity index is 277. The van der Waals surface area contributed by atoms with Crippen molar-refractivity contribution < 1.29 is 14.2 Å². The van der Waals surface area contributed by atoms with Crippen molar-refractivity contribution in [2.45, 2.75) is 37.0 Å². The average Bonchev–Trinajstić information content (AvgIpc) is 2.87. The van der Waals surface area contributed by atoms with Gasteiger partial charge in [0, 0.05) is 37.2 Å². The molecule has 18 heavy (non-hydrogen) atoms.